The minimum absolute atomic E-state index is 0. The fraction of sp³-hybridized carbons (Fsp3) is 0.455. The van der Waals surface area contributed by atoms with Crippen molar-refractivity contribution in [1.29, 1.82) is 0 Å². The zero-order valence-electron chi connectivity index (χ0n) is 17.3. The third-order valence-electron chi connectivity index (χ3n) is 5.36. The molecule has 0 atom stereocenters. The van der Waals surface area contributed by atoms with Gasteiger partial charge in [-0.1, -0.05) is 26.5 Å². The number of hydrogen-bond donors (Lipinski definition) is 1. The fourth-order valence-corrected chi connectivity index (χ4v) is 3.49. The molecule has 1 aromatic carbocycles. The topological polar surface area (TPSA) is 78.4 Å². The van der Waals surface area contributed by atoms with Crippen molar-refractivity contribution in [1.82, 2.24) is 19.8 Å². The summed E-state index contributed by atoms with van der Waals surface area (Å²) in [5.74, 6) is 0.313. The predicted octanol–water partition coefficient (Wildman–Crippen LogP) is 4.66. The molecule has 1 aromatic heterocycles. The highest BCUT2D eigenvalue weighted by Crippen LogP contribution is 2.31. The third kappa shape index (κ3) is 5.95. The lowest BCUT2D eigenvalue weighted by Gasteiger charge is -2.36. The van der Waals surface area contributed by atoms with E-state index in [4.69, 9.17) is 0 Å². The van der Waals surface area contributed by atoms with E-state index >= 15 is 0 Å². The maximum atomic E-state index is 12.9. The first-order chi connectivity index (χ1) is 14.7. The number of carbonyl (C=O) groups excluding carboxylic acids is 2. The van der Waals surface area contributed by atoms with Gasteiger partial charge in [0.15, 0.2) is 5.82 Å². The van der Waals surface area contributed by atoms with E-state index in [-0.39, 0.29) is 42.5 Å². The van der Waals surface area contributed by atoms with Crippen LogP contribution in [0.3, 0.4) is 0 Å². The van der Waals surface area contributed by atoms with E-state index in [1.165, 1.54) is 24.5 Å². The van der Waals surface area contributed by atoms with Crippen LogP contribution in [0.25, 0.3) is 11.3 Å². The van der Waals surface area contributed by atoms with Crippen molar-refractivity contribution in [3.63, 3.8) is 0 Å². The molecule has 1 N–H and O–H groups in total. The standard InChI is InChI=1S/C21H24F3N5O2.CH4/c1-3-19(30)29-9-7-16(8-10-29)28(2)20(31)27-18-13-25-17(12-26-18)14-5-4-6-15(11-14)21(22,23)24;/h4-6,11-13,16H,3,7-10H2,1-2H3,(H,26,27,31);1H4. The summed E-state index contributed by atoms with van der Waals surface area (Å²) in [5, 5.41) is 2.65. The molecule has 0 unspecified atom stereocenters. The Bertz CT molecular complexity index is 926. The number of nitrogens with one attached hydrogen (secondary N) is 1. The lowest BCUT2D eigenvalue weighted by Crippen LogP contribution is -2.48. The van der Waals surface area contributed by atoms with Crippen LogP contribution in [-0.4, -0.2) is 57.9 Å². The van der Waals surface area contributed by atoms with Crippen LogP contribution >= 0.6 is 0 Å². The largest absolute Gasteiger partial charge is 0.416 e. The van der Waals surface area contributed by atoms with Gasteiger partial charge in [-0.15, -0.1) is 0 Å². The predicted molar refractivity (Wildman–Crippen MR) is 116 cm³/mol. The Morgan fingerprint density at radius 1 is 1.19 bits per heavy atom. The van der Waals surface area contributed by atoms with Gasteiger partial charge >= 0.3 is 12.2 Å². The summed E-state index contributed by atoms with van der Waals surface area (Å²) in [6.07, 6.45) is 0.0352. The first-order valence-corrected chi connectivity index (χ1v) is 10.00. The fourth-order valence-electron chi connectivity index (χ4n) is 3.49. The average Bonchev–Trinajstić information content (AvgIpc) is 2.78. The zero-order chi connectivity index (χ0) is 22.6. The number of urea groups is 1. The molecule has 2 heterocycles. The second-order valence-electron chi connectivity index (χ2n) is 7.37. The number of anilines is 1. The Kier molecular flexibility index (Phi) is 8.18. The minimum atomic E-state index is -4.44. The number of piperidine rings is 1. The third-order valence-corrected chi connectivity index (χ3v) is 5.36. The number of hydrogen-bond acceptors (Lipinski definition) is 4. The number of benzene rings is 1. The molecule has 174 valence electrons. The van der Waals surface area contributed by atoms with Gasteiger partial charge in [0.05, 0.1) is 23.7 Å². The number of alkyl halides is 3. The van der Waals surface area contributed by atoms with Crippen molar-refractivity contribution in [2.75, 3.05) is 25.5 Å². The molecule has 1 fully saturated rings. The number of likely N-dealkylation sites (tertiary alicyclic amines) is 1. The summed E-state index contributed by atoms with van der Waals surface area (Å²) in [4.78, 5) is 35.9. The number of halogens is 3. The van der Waals surface area contributed by atoms with Crippen LogP contribution in [0.5, 0.6) is 0 Å². The van der Waals surface area contributed by atoms with Gasteiger partial charge in [-0.2, -0.15) is 13.2 Å². The summed E-state index contributed by atoms with van der Waals surface area (Å²) < 4.78 is 38.7. The highest BCUT2D eigenvalue weighted by Gasteiger charge is 2.30. The van der Waals surface area contributed by atoms with E-state index in [9.17, 15) is 22.8 Å². The minimum Gasteiger partial charge on any atom is -0.343 e. The molecule has 2 aromatic rings. The molecule has 0 saturated carbocycles. The molecule has 0 spiro atoms. The van der Waals surface area contributed by atoms with E-state index in [0.717, 1.165) is 12.1 Å². The number of amides is 3. The van der Waals surface area contributed by atoms with E-state index in [1.54, 1.807) is 16.8 Å². The number of nitrogens with zero attached hydrogens (tertiary/aromatic N) is 4. The lowest BCUT2D eigenvalue weighted by atomic mass is 10.0. The van der Waals surface area contributed by atoms with Crippen LogP contribution < -0.4 is 5.32 Å². The number of rotatable bonds is 4. The maximum Gasteiger partial charge on any atom is 0.416 e. The molecule has 0 bridgehead atoms. The highest BCUT2D eigenvalue weighted by atomic mass is 19.4. The second kappa shape index (κ2) is 10.4. The summed E-state index contributed by atoms with van der Waals surface area (Å²) in [6, 6.07) is 4.46. The van der Waals surface area contributed by atoms with Crippen LogP contribution in [0.15, 0.2) is 36.7 Å². The van der Waals surface area contributed by atoms with Crippen LogP contribution in [-0.2, 0) is 11.0 Å². The van der Waals surface area contributed by atoms with Gasteiger partial charge in [0.2, 0.25) is 5.91 Å². The average molecular weight is 451 g/mol. The summed E-state index contributed by atoms with van der Waals surface area (Å²) in [5.41, 5.74) is -0.214. The van der Waals surface area contributed by atoms with Crippen LogP contribution in [0.1, 0.15) is 39.2 Å². The molecule has 1 aliphatic heterocycles. The van der Waals surface area contributed by atoms with E-state index in [1.807, 2.05) is 6.92 Å². The van der Waals surface area contributed by atoms with Crippen molar-refractivity contribution in [2.24, 2.45) is 0 Å². The van der Waals surface area contributed by atoms with Gasteiger partial charge < -0.3 is 9.80 Å². The molecular formula is C22H28F3N5O2. The van der Waals surface area contributed by atoms with Gasteiger partial charge in [-0.05, 0) is 25.0 Å². The van der Waals surface area contributed by atoms with Crippen molar-refractivity contribution < 1.29 is 22.8 Å². The normalized spacial score (nSPS) is 14.5. The zero-order valence-corrected chi connectivity index (χ0v) is 17.3. The maximum absolute atomic E-state index is 12.9. The molecule has 7 nitrogen and oxygen atoms in total. The van der Waals surface area contributed by atoms with Crippen LogP contribution in [0, 0.1) is 0 Å². The Balaban J connectivity index is 0.00000363. The molecule has 0 radical (unpaired) electrons. The van der Waals surface area contributed by atoms with Crippen molar-refractivity contribution in [3.05, 3.63) is 42.2 Å². The summed E-state index contributed by atoms with van der Waals surface area (Å²) in [6.45, 7) is 3.05. The molecule has 0 aliphatic carbocycles. The first-order valence-electron chi connectivity index (χ1n) is 10.00. The molecule has 32 heavy (non-hydrogen) atoms. The molecule has 10 heteroatoms. The molecule has 3 amide bonds. The molecule has 1 aliphatic rings. The number of aromatic nitrogens is 2. The Morgan fingerprint density at radius 2 is 1.88 bits per heavy atom. The highest BCUT2D eigenvalue weighted by molar-refractivity contribution is 5.88. The SMILES string of the molecule is C.CCC(=O)N1CCC(N(C)C(=O)Nc2cnc(-c3cccc(C(F)(F)F)c3)cn2)CC1. The van der Waals surface area contributed by atoms with Gasteiger partial charge in [-0.3, -0.25) is 15.1 Å². The van der Waals surface area contributed by atoms with Gasteiger partial charge in [0.25, 0.3) is 0 Å². The van der Waals surface area contributed by atoms with Crippen molar-refractivity contribution in [3.8, 4) is 11.3 Å². The van der Waals surface area contributed by atoms with Crippen molar-refractivity contribution >= 4 is 17.8 Å². The summed E-state index contributed by atoms with van der Waals surface area (Å²) in [7, 11) is 1.68. The molecular weight excluding hydrogens is 423 g/mol. The van der Waals surface area contributed by atoms with Gasteiger partial charge in [0, 0.05) is 38.2 Å². The Hall–Kier alpha value is -3.17. The second-order valence-corrected chi connectivity index (χ2v) is 7.37. The Morgan fingerprint density at radius 3 is 2.44 bits per heavy atom. The monoisotopic (exact) mass is 451 g/mol. The number of carbonyl (C=O) groups is 2. The van der Waals surface area contributed by atoms with Gasteiger partial charge in [0.1, 0.15) is 0 Å². The smallest absolute Gasteiger partial charge is 0.343 e. The summed E-state index contributed by atoms with van der Waals surface area (Å²) >= 11 is 0. The Labute approximate surface area is 185 Å². The van der Waals surface area contributed by atoms with E-state index < -0.39 is 11.7 Å². The van der Waals surface area contributed by atoms with Crippen LogP contribution in [0.2, 0.25) is 0 Å². The van der Waals surface area contributed by atoms with E-state index in [2.05, 4.69) is 15.3 Å². The quantitative estimate of drug-likeness (QED) is 0.733. The molecule has 3 rings (SSSR count). The van der Waals surface area contributed by atoms with E-state index in [0.29, 0.717) is 32.4 Å². The first kappa shape index (κ1) is 25.1. The van der Waals surface area contributed by atoms with Crippen LogP contribution in [0.4, 0.5) is 23.8 Å². The van der Waals surface area contributed by atoms with Crippen molar-refractivity contribution in [2.45, 2.75) is 45.8 Å². The lowest BCUT2D eigenvalue weighted by molar-refractivity contribution is -0.137. The molecule has 1 saturated heterocycles. The van der Waals surface area contributed by atoms with Gasteiger partial charge in [-0.25, -0.2) is 9.78 Å².